The maximum absolute atomic E-state index is 13.3. The predicted octanol–water partition coefficient (Wildman–Crippen LogP) is 5.32. The molecule has 0 spiro atoms. The Morgan fingerprint density at radius 2 is 1.82 bits per heavy atom. The molecule has 0 aliphatic heterocycles. The van der Waals surface area contributed by atoms with Crippen LogP contribution >= 0.6 is 11.3 Å². The van der Waals surface area contributed by atoms with E-state index in [-0.39, 0.29) is 0 Å². The van der Waals surface area contributed by atoms with Gasteiger partial charge in [0.15, 0.2) is 12.3 Å². The Hall–Kier alpha value is -2.62. The van der Waals surface area contributed by atoms with Crippen LogP contribution in [0.5, 0.6) is 0 Å². The van der Waals surface area contributed by atoms with E-state index in [2.05, 4.69) is 0 Å². The molecule has 0 saturated carbocycles. The van der Waals surface area contributed by atoms with E-state index >= 15 is 0 Å². The van der Waals surface area contributed by atoms with Crippen LogP contribution < -0.4 is 5.32 Å². The summed E-state index contributed by atoms with van der Waals surface area (Å²) in [5.41, 5.74) is -1.34. The highest BCUT2D eigenvalue weighted by molar-refractivity contribution is 7.14. The van der Waals surface area contributed by atoms with Gasteiger partial charge in [-0.25, -0.2) is 0 Å². The zero-order valence-electron chi connectivity index (χ0n) is 14.2. The van der Waals surface area contributed by atoms with Crippen molar-refractivity contribution >= 4 is 29.6 Å². The van der Waals surface area contributed by atoms with Gasteiger partial charge in [-0.1, -0.05) is 12.1 Å². The van der Waals surface area contributed by atoms with Gasteiger partial charge in [-0.05, 0) is 42.3 Å². The molecule has 1 amide bonds. The largest absolute Gasteiger partial charge is 0.416 e. The standard InChI is InChI=1S/C18H13F6NO2S/c1-10-7-13(28-14(10)9-26)5-6-15(27)25-16(18(22,23)24)11-3-2-4-12(8-11)17(19,20)21/h2-9,16H,1H3,(H,25,27). The van der Waals surface area contributed by atoms with Crippen molar-refractivity contribution in [1.29, 1.82) is 0 Å². The van der Waals surface area contributed by atoms with Gasteiger partial charge >= 0.3 is 12.4 Å². The minimum absolute atomic E-state index is 0.348. The Morgan fingerprint density at radius 3 is 2.36 bits per heavy atom. The van der Waals surface area contributed by atoms with E-state index in [1.165, 1.54) is 6.08 Å². The fourth-order valence-electron chi connectivity index (χ4n) is 2.32. The first-order chi connectivity index (χ1) is 12.9. The highest BCUT2D eigenvalue weighted by Gasteiger charge is 2.42. The zero-order valence-corrected chi connectivity index (χ0v) is 15.0. The second-order valence-electron chi connectivity index (χ2n) is 5.75. The Balaban J connectivity index is 2.24. The molecule has 1 unspecified atom stereocenters. The number of halogens is 6. The maximum Gasteiger partial charge on any atom is 0.416 e. The molecule has 2 aromatic rings. The summed E-state index contributed by atoms with van der Waals surface area (Å²) in [6.07, 6.45) is -7.15. The lowest BCUT2D eigenvalue weighted by Crippen LogP contribution is -2.37. The van der Waals surface area contributed by atoms with Gasteiger partial charge in [0.1, 0.15) is 0 Å². The van der Waals surface area contributed by atoms with Gasteiger partial charge in [0.2, 0.25) is 5.91 Å². The molecule has 0 saturated heterocycles. The molecular formula is C18H13F6NO2S. The molecule has 1 aromatic heterocycles. The predicted molar refractivity (Wildman–Crippen MR) is 91.9 cm³/mol. The van der Waals surface area contributed by atoms with Gasteiger partial charge in [-0.3, -0.25) is 9.59 Å². The molecule has 0 bridgehead atoms. The lowest BCUT2D eigenvalue weighted by molar-refractivity contribution is -0.162. The third-order valence-corrected chi connectivity index (χ3v) is 4.77. The van der Waals surface area contributed by atoms with Crippen LogP contribution in [0.25, 0.3) is 6.08 Å². The quantitative estimate of drug-likeness (QED) is 0.404. The maximum atomic E-state index is 13.3. The van der Waals surface area contributed by atoms with E-state index in [0.717, 1.165) is 29.5 Å². The summed E-state index contributed by atoms with van der Waals surface area (Å²) in [5.74, 6) is -1.14. The van der Waals surface area contributed by atoms with Gasteiger partial charge in [-0.2, -0.15) is 26.3 Å². The van der Waals surface area contributed by atoms with Crippen molar-refractivity contribution in [3.8, 4) is 0 Å². The number of benzene rings is 1. The van der Waals surface area contributed by atoms with E-state index in [9.17, 15) is 35.9 Å². The molecule has 150 valence electrons. The van der Waals surface area contributed by atoms with Crippen LogP contribution in [0.3, 0.4) is 0 Å². The summed E-state index contributed by atoms with van der Waals surface area (Å²) < 4.78 is 78.2. The highest BCUT2D eigenvalue weighted by Crippen LogP contribution is 2.36. The van der Waals surface area contributed by atoms with Gasteiger partial charge in [-0.15, -0.1) is 11.3 Å². The first kappa shape index (κ1) is 21.7. The van der Waals surface area contributed by atoms with Gasteiger partial charge in [0.25, 0.3) is 0 Å². The van der Waals surface area contributed by atoms with E-state index in [1.54, 1.807) is 18.3 Å². The molecule has 0 fully saturated rings. The molecule has 0 aliphatic rings. The average molecular weight is 421 g/mol. The minimum atomic E-state index is -5.00. The SMILES string of the molecule is Cc1cc(C=CC(=O)NC(c2cccc(C(F)(F)F)c2)C(F)(F)F)sc1C=O. The third kappa shape index (κ3) is 5.44. The minimum Gasteiger partial charge on any atom is -0.337 e. The van der Waals surface area contributed by atoms with Crippen molar-refractivity contribution in [2.75, 3.05) is 0 Å². The van der Waals surface area contributed by atoms with Crippen molar-refractivity contribution < 1.29 is 35.9 Å². The van der Waals surface area contributed by atoms with Crippen LogP contribution in [-0.4, -0.2) is 18.4 Å². The summed E-state index contributed by atoms with van der Waals surface area (Å²) in [5, 5.41) is 1.67. The smallest absolute Gasteiger partial charge is 0.337 e. The monoisotopic (exact) mass is 421 g/mol. The molecule has 28 heavy (non-hydrogen) atoms. The molecule has 1 heterocycles. The third-order valence-electron chi connectivity index (χ3n) is 3.64. The first-order valence-electron chi connectivity index (χ1n) is 7.70. The number of aryl methyl sites for hydroxylation is 1. The summed E-state index contributed by atoms with van der Waals surface area (Å²) in [6.45, 7) is 1.66. The number of amides is 1. The Morgan fingerprint density at radius 1 is 1.14 bits per heavy atom. The normalized spacial score (nSPS) is 13.5. The lowest BCUT2D eigenvalue weighted by Gasteiger charge is -2.22. The second kappa shape index (κ2) is 8.17. The van der Waals surface area contributed by atoms with E-state index in [1.807, 2.05) is 0 Å². The van der Waals surface area contributed by atoms with Crippen molar-refractivity contribution in [2.24, 2.45) is 0 Å². The number of aldehydes is 1. The van der Waals surface area contributed by atoms with E-state index in [4.69, 9.17) is 0 Å². The number of hydrogen-bond acceptors (Lipinski definition) is 3. The lowest BCUT2D eigenvalue weighted by atomic mass is 10.0. The number of carbonyl (C=O) groups is 2. The number of rotatable bonds is 5. The number of alkyl halides is 6. The molecule has 1 atom stereocenters. The Bertz CT molecular complexity index is 898. The fraction of sp³-hybridized carbons (Fsp3) is 0.222. The van der Waals surface area contributed by atoms with E-state index < -0.39 is 35.4 Å². The second-order valence-corrected chi connectivity index (χ2v) is 6.87. The van der Waals surface area contributed by atoms with Crippen molar-refractivity contribution in [3.05, 3.63) is 62.9 Å². The van der Waals surface area contributed by atoms with Gasteiger partial charge in [0.05, 0.1) is 10.4 Å². The van der Waals surface area contributed by atoms with Crippen LogP contribution in [0.1, 0.15) is 37.3 Å². The molecule has 0 radical (unpaired) electrons. The van der Waals surface area contributed by atoms with Crippen molar-refractivity contribution in [2.45, 2.75) is 25.3 Å². The summed E-state index contributed by atoms with van der Waals surface area (Å²) in [4.78, 5) is 23.6. The molecule has 10 heteroatoms. The molecule has 1 aromatic carbocycles. The Kier molecular flexibility index (Phi) is 6.33. The number of thiophene rings is 1. The molecular weight excluding hydrogens is 408 g/mol. The molecule has 0 aliphatic carbocycles. The van der Waals surface area contributed by atoms with Crippen molar-refractivity contribution in [1.82, 2.24) is 5.32 Å². The average Bonchev–Trinajstić information content (AvgIpc) is 2.96. The van der Waals surface area contributed by atoms with E-state index in [0.29, 0.717) is 33.7 Å². The van der Waals surface area contributed by atoms with Crippen LogP contribution in [-0.2, 0) is 11.0 Å². The van der Waals surface area contributed by atoms with Crippen LogP contribution in [0.15, 0.2) is 36.4 Å². The summed E-state index contributed by atoms with van der Waals surface area (Å²) in [6, 6.07) is 1.66. The van der Waals surface area contributed by atoms with Crippen LogP contribution in [0, 0.1) is 6.92 Å². The summed E-state index contributed by atoms with van der Waals surface area (Å²) >= 11 is 1.04. The van der Waals surface area contributed by atoms with Crippen LogP contribution in [0.2, 0.25) is 0 Å². The molecule has 1 N–H and O–H groups in total. The molecule has 3 nitrogen and oxygen atoms in total. The summed E-state index contributed by atoms with van der Waals surface area (Å²) in [7, 11) is 0. The first-order valence-corrected chi connectivity index (χ1v) is 8.51. The number of nitrogens with one attached hydrogen (secondary N) is 1. The van der Waals surface area contributed by atoms with Crippen molar-refractivity contribution in [3.63, 3.8) is 0 Å². The fourth-order valence-corrected chi connectivity index (χ4v) is 3.21. The van der Waals surface area contributed by atoms with Crippen LogP contribution in [0.4, 0.5) is 26.3 Å². The van der Waals surface area contributed by atoms with Gasteiger partial charge in [0, 0.05) is 11.0 Å². The topological polar surface area (TPSA) is 46.2 Å². The van der Waals surface area contributed by atoms with Gasteiger partial charge < -0.3 is 5.32 Å². The number of hydrogen-bond donors (Lipinski definition) is 1. The molecule has 2 rings (SSSR count). The zero-order chi connectivity index (χ0) is 21.1. The number of carbonyl (C=O) groups excluding carboxylic acids is 2. The Labute approximate surface area is 159 Å². The highest BCUT2D eigenvalue weighted by atomic mass is 32.1.